The number of likely N-dealkylation sites (N-methyl/N-ethyl adjacent to an activating group) is 1. The number of amides is 2. The fourth-order valence-electron chi connectivity index (χ4n) is 2.87. The van der Waals surface area contributed by atoms with Crippen LogP contribution in [0.5, 0.6) is 5.75 Å². The van der Waals surface area contributed by atoms with Crippen LogP contribution >= 0.6 is 0 Å². The Balaban J connectivity index is 1.67. The maximum absolute atomic E-state index is 12.0. The lowest BCUT2D eigenvalue weighted by atomic mass is 9.87. The van der Waals surface area contributed by atoms with Crippen LogP contribution in [0.15, 0.2) is 24.3 Å². The van der Waals surface area contributed by atoms with Crippen molar-refractivity contribution in [1.82, 2.24) is 15.5 Å². The van der Waals surface area contributed by atoms with Crippen LogP contribution < -0.4 is 15.4 Å². The van der Waals surface area contributed by atoms with Gasteiger partial charge in [-0.2, -0.15) is 0 Å². The van der Waals surface area contributed by atoms with E-state index in [2.05, 4.69) is 22.5 Å². The predicted molar refractivity (Wildman–Crippen MR) is 97.3 cm³/mol. The molecule has 2 N–H and O–H groups in total. The number of hydrogen-bond acceptors (Lipinski definition) is 3. The summed E-state index contributed by atoms with van der Waals surface area (Å²) in [4.78, 5) is 14.1. The van der Waals surface area contributed by atoms with E-state index in [1.807, 2.05) is 38.4 Å². The zero-order valence-electron chi connectivity index (χ0n) is 15.2. The maximum atomic E-state index is 12.0. The average molecular weight is 333 g/mol. The van der Waals surface area contributed by atoms with Gasteiger partial charge in [0.25, 0.3) is 0 Å². The van der Waals surface area contributed by atoms with Crippen LogP contribution in [0.1, 0.15) is 38.2 Å². The highest BCUT2D eigenvalue weighted by molar-refractivity contribution is 5.74. The third kappa shape index (κ3) is 6.79. The molecule has 0 spiro atoms. The molecule has 24 heavy (non-hydrogen) atoms. The van der Waals surface area contributed by atoms with Gasteiger partial charge in [0.2, 0.25) is 0 Å². The molecule has 0 saturated heterocycles. The Morgan fingerprint density at radius 2 is 1.83 bits per heavy atom. The third-order valence-corrected chi connectivity index (χ3v) is 4.53. The molecular formula is C19H31N3O2. The first-order valence-corrected chi connectivity index (χ1v) is 8.94. The highest BCUT2D eigenvalue weighted by atomic mass is 16.5. The number of nitrogens with one attached hydrogen (secondary N) is 2. The fraction of sp³-hybridized carbons (Fsp3) is 0.632. The van der Waals surface area contributed by atoms with E-state index in [9.17, 15) is 4.79 Å². The molecule has 1 aliphatic rings. The van der Waals surface area contributed by atoms with Gasteiger partial charge in [0, 0.05) is 19.1 Å². The first-order valence-electron chi connectivity index (χ1n) is 8.94. The topological polar surface area (TPSA) is 53.6 Å². The number of nitrogens with zero attached hydrogens (tertiary/aromatic N) is 1. The van der Waals surface area contributed by atoms with Gasteiger partial charge in [-0.3, -0.25) is 0 Å². The van der Waals surface area contributed by atoms with E-state index in [-0.39, 0.29) is 6.03 Å². The second-order valence-electron chi connectivity index (χ2n) is 7.08. The van der Waals surface area contributed by atoms with Crippen molar-refractivity contribution in [2.75, 3.05) is 27.2 Å². The van der Waals surface area contributed by atoms with Crippen molar-refractivity contribution in [3.05, 3.63) is 29.8 Å². The Hall–Kier alpha value is -1.75. The molecule has 0 aliphatic heterocycles. The molecule has 1 aromatic rings. The van der Waals surface area contributed by atoms with Gasteiger partial charge < -0.3 is 20.3 Å². The minimum absolute atomic E-state index is 0.0686. The molecule has 5 nitrogen and oxygen atoms in total. The Bertz CT molecular complexity index is 494. The summed E-state index contributed by atoms with van der Waals surface area (Å²) >= 11 is 0. The summed E-state index contributed by atoms with van der Waals surface area (Å²) in [6.07, 6.45) is 4.60. The molecule has 0 heterocycles. The van der Waals surface area contributed by atoms with Crippen molar-refractivity contribution >= 4 is 6.03 Å². The van der Waals surface area contributed by atoms with Crippen molar-refractivity contribution in [1.29, 1.82) is 0 Å². The summed E-state index contributed by atoms with van der Waals surface area (Å²) in [5.41, 5.74) is 1.07. The van der Waals surface area contributed by atoms with Gasteiger partial charge in [0.15, 0.2) is 0 Å². The van der Waals surface area contributed by atoms with Gasteiger partial charge in [0.1, 0.15) is 12.4 Å². The van der Waals surface area contributed by atoms with Gasteiger partial charge in [0.05, 0.1) is 0 Å². The van der Waals surface area contributed by atoms with Crippen LogP contribution in [-0.4, -0.2) is 44.2 Å². The van der Waals surface area contributed by atoms with Gasteiger partial charge >= 0.3 is 6.03 Å². The summed E-state index contributed by atoms with van der Waals surface area (Å²) in [6.45, 7) is 4.38. The molecule has 0 unspecified atom stereocenters. The van der Waals surface area contributed by atoms with Gasteiger partial charge in [-0.1, -0.05) is 19.1 Å². The van der Waals surface area contributed by atoms with Crippen LogP contribution in [0.2, 0.25) is 0 Å². The number of rotatable bonds is 7. The van der Waals surface area contributed by atoms with Crippen molar-refractivity contribution in [2.45, 2.75) is 45.2 Å². The van der Waals surface area contributed by atoms with E-state index < -0.39 is 0 Å². The molecule has 0 bridgehead atoms. The second kappa shape index (κ2) is 9.52. The van der Waals surface area contributed by atoms with Crippen molar-refractivity contribution < 1.29 is 9.53 Å². The van der Waals surface area contributed by atoms with Crippen LogP contribution in [0.25, 0.3) is 0 Å². The zero-order valence-corrected chi connectivity index (χ0v) is 15.2. The quantitative estimate of drug-likeness (QED) is 0.806. The minimum Gasteiger partial charge on any atom is -0.492 e. The molecule has 0 radical (unpaired) electrons. The van der Waals surface area contributed by atoms with E-state index in [0.29, 0.717) is 19.2 Å². The normalized spacial score (nSPS) is 20.7. The molecule has 1 aliphatic carbocycles. The molecule has 134 valence electrons. The Morgan fingerprint density at radius 1 is 1.17 bits per heavy atom. The maximum Gasteiger partial charge on any atom is 0.315 e. The molecule has 2 rings (SSSR count). The van der Waals surface area contributed by atoms with E-state index >= 15 is 0 Å². The monoisotopic (exact) mass is 333 g/mol. The van der Waals surface area contributed by atoms with Crippen molar-refractivity contribution in [3.63, 3.8) is 0 Å². The summed E-state index contributed by atoms with van der Waals surface area (Å²) < 4.78 is 5.67. The van der Waals surface area contributed by atoms with E-state index in [4.69, 9.17) is 4.74 Å². The van der Waals surface area contributed by atoms with Gasteiger partial charge in [-0.05, 0) is 63.4 Å². The first kappa shape index (κ1) is 18.6. The number of carbonyl (C=O) groups is 1. The van der Waals surface area contributed by atoms with Crippen molar-refractivity contribution in [2.24, 2.45) is 5.92 Å². The second-order valence-corrected chi connectivity index (χ2v) is 7.08. The molecule has 1 aromatic carbocycles. The molecule has 0 aromatic heterocycles. The van der Waals surface area contributed by atoms with Crippen LogP contribution in [0.4, 0.5) is 4.79 Å². The highest BCUT2D eigenvalue weighted by Crippen LogP contribution is 2.23. The number of urea groups is 1. The summed E-state index contributed by atoms with van der Waals surface area (Å²) in [5.74, 6) is 1.66. The SMILES string of the molecule is CC1CCC(NC(=O)NCc2ccc(OCCN(C)C)cc2)CC1. The summed E-state index contributed by atoms with van der Waals surface area (Å²) in [7, 11) is 4.05. The Morgan fingerprint density at radius 3 is 2.46 bits per heavy atom. The van der Waals surface area contributed by atoms with E-state index in [1.165, 1.54) is 12.8 Å². The predicted octanol–water partition coefficient (Wildman–Crippen LogP) is 3.00. The summed E-state index contributed by atoms with van der Waals surface area (Å²) in [6, 6.07) is 8.15. The Kier molecular flexibility index (Phi) is 7.37. The smallest absolute Gasteiger partial charge is 0.315 e. The van der Waals surface area contributed by atoms with E-state index in [1.54, 1.807) is 0 Å². The zero-order chi connectivity index (χ0) is 17.4. The molecular weight excluding hydrogens is 302 g/mol. The first-order chi connectivity index (χ1) is 11.5. The molecule has 1 fully saturated rings. The molecule has 1 saturated carbocycles. The Labute approximate surface area is 145 Å². The average Bonchev–Trinajstić information content (AvgIpc) is 2.56. The number of hydrogen-bond donors (Lipinski definition) is 2. The van der Waals surface area contributed by atoms with E-state index in [0.717, 1.165) is 36.6 Å². The number of carbonyl (C=O) groups excluding carboxylic acids is 1. The molecule has 2 amide bonds. The number of benzene rings is 1. The lowest BCUT2D eigenvalue weighted by Crippen LogP contribution is -2.43. The van der Waals surface area contributed by atoms with Gasteiger partial charge in [-0.25, -0.2) is 4.79 Å². The number of ether oxygens (including phenoxy) is 1. The molecule has 0 atom stereocenters. The fourth-order valence-corrected chi connectivity index (χ4v) is 2.87. The van der Waals surface area contributed by atoms with Crippen molar-refractivity contribution in [3.8, 4) is 5.75 Å². The molecule has 5 heteroatoms. The lowest BCUT2D eigenvalue weighted by molar-refractivity contribution is 0.228. The lowest BCUT2D eigenvalue weighted by Gasteiger charge is -2.26. The third-order valence-electron chi connectivity index (χ3n) is 4.53. The van der Waals surface area contributed by atoms with Crippen LogP contribution in [-0.2, 0) is 6.54 Å². The highest BCUT2D eigenvalue weighted by Gasteiger charge is 2.19. The standard InChI is InChI=1S/C19H31N3O2/c1-15-4-8-17(9-5-15)21-19(23)20-14-16-6-10-18(11-7-16)24-13-12-22(2)3/h6-7,10-11,15,17H,4-5,8-9,12-14H2,1-3H3,(H2,20,21,23). The van der Waals surface area contributed by atoms with Crippen LogP contribution in [0.3, 0.4) is 0 Å². The minimum atomic E-state index is -0.0686. The van der Waals surface area contributed by atoms with Gasteiger partial charge in [-0.15, -0.1) is 0 Å². The largest absolute Gasteiger partial charge is 0.492 e. The van der Waals surface area contributed by atoms with Crippen LogP contribution in [0, 0.1) is 5.92 Å². The summed E-state index contributed by atoms with van der Waals surface area (Å²) in [5, 5.41) is 6.02.